The number of nitriles is 1. The summed E-state index contributed by atoms with van der Waals surface area (Å²) < 4.78 is 5.15. The number of nitrogens with zero attached hydrogens (tertiary/aromatic N) is 2. The summed E-state index contributed by atoms with van der Waals surface area (Å²) in [6.45, 7) is 4.31. The smallest absolute Gasteiger partial charge is 0.311 e. The molecule has 0 unspecified atom stereocenters. The fourth-order valence-corrected chi connectivity index (χ4v) is 4.33. The number of carbonyl (C=O) groups excluding carboxylic acids is 3. The quantitative estimate of drug-likeness (QED) is 0.770. The Morgan fingerprint density at radius 3 is 2.79 bits per heavy atom. The van der Waals surface area contributed by atoms with Crippen LogP contribution in [-0.2, 0) is 19.1 Å². The number of esters is 1. The van der Waals surface area contributed by atoms with Crippen LogP contribution in [0.15, 0.2) is 24.3 Å². The summed E-state index contributed by atoms with van der Waals surface area (Å²) in [5, 5.41) is 11.6. The molecule has 7 nitrogen and oxygen atoms in total. The van der Waals surface area contributed by atoms with Gasteiger partial charge in [0.05, 0.1) is 17.2 Å². The van der Waals surface area contributed by atoms with E-state index in [-0.39, 0.29) is 18.4 Å². The number of benzene rings is 1. The predicted molar refractivity (Wildman–Crippen MR) is 107 cm³/mol. The molecule has 1 aromatic rings. The lowest BCUT2D eigenvalue weighted by molar-refractivity contribution is -0.151. The maximum absolute atomic E-state index is 12.5. The van der Waals surface area contributed by atoms with Gasteiger partial charge in [-0.25, -0.2) is 0 Å². The summed E-state index contributed by atoms with van der Waals surface area (Å²) in [4.78, 5) is 38.8. The van der Waals surface area contributed by atoms with E-state index >= 15 is 0 Å². The molecule has 1 N–H and O–H groups in total. The summed E-state index contributed by atoms with van der Waals surface area (Å²) in [6.07, 6.45) is 3.38. The normalized spacial score (nSPS) is 26.7. The number of hydrogen-bond donors (Lipinski definition) is 1. The van der Waals surface area contributed by atoms with Gasteiger partial charge < -0.3 is 15.0 Å². The van der Waals surface area contributed by atoms with Gasteiger partial charge in [-0.05, 0) is 30.4 Å². The Bertz CT molecular complexity index is 832. The van der Waals surface area contributed by atoms with Crippen LogP contribution < -0.4 is 5.32 Å². The highest BCUT2D eigenvalue weighted by Gasteiger charge is 2.42. The third-order valence-corrected chi connectivity index (χ3v) is 6.22. The Labute approximate surface area is 171 Å². The number of rotatable bonds is 5. The molecule has 7 heteroatoms. The van der Waals surface area contributed by atoms with Gasteiger partial charge in [0.25, 0.3) is 5.91 Å². The van der Waals surface area contributed by atoms with Crippen molar-refractivity contribution in [1.82, 2.24) is 4.90 Å². The topological polar surface area (TPSA) is 99.5 Å². The first-order chi connectivity index (χ1) is 13.9. The van der Waals surface area contributed by atoms with Crippen LogP contribution in [0.5, 0.6) is 0 Å². The molecule has 1 heterocycles. The van der Waals surface area contributed by atoms with Crippen LogP contribution in [0.1, 0.15) is 45.1 Å². The Morgan fingerprint density at radius 2 is 2.03 bits per heavy atom. The third-order valence-electron chi connectivity index (χ3n) is 6.22. The average Bonchev–Trinajstić information content (AvgIpc) is 3.10. The summed E-state index contributed by atoms with van der Waals surface area (Å²) in [5.74, 6) is -0.615. The van der Waals surface area contributed by atoms with Gasteiger partial charge in [-0.2, -0.15) is 5.26 Å². The van der Waals surface area contributed by atoms with Crippen LogP contribution in [0.4, 0.5) is 5.69 Å². The summed E-state index contributed by atoms with van der Waals surface area (Å²) in [5.41, 5.74) is 0.707. The van der Waals surface area contributed by atoms with E-state index in [4.69, 9.17) is 10.00 Å². The first kappa shape index (κ1) is 20.8. The SMILES string of the molecule is C[C@H]1[C@H](N2C[C@H](C(=O)OCC(=O)Nc3ccccc3C#N)CC2=O)CCC[C@@H]1C. The average molecular weight is 397 g/mol. The Balaban J connectivity index is 1.52. The van der Waals surface area contributed by atoms with Gasteiger partial charge in [0.1, 0.15) is 6.07 Å². The van der Waals surface area contributed by atoms with Gasteiger partial charge >= 0.3 is 5.97 Å². The molecule has 1 saturated carbocycles. The largest absolute Gasteiger partial charge is 0.455 e. The second-order valence-corrected chi connectivity index (χ2v) is 8.10. The van der Waals surface area contributed by atoms with Crippen molar-refractivity contribution in [1.29, 1.82) is 5.26 Å². The van der Waals surface area contributed by atoms with Crippen molar-refractivity contribution in [2.24, 2.45) is 17.8 Å². The van der Waals surface area contributed by atoms with Crippen molar-refractivity contribution in [3.63, 3.8) is 0 Å². The lowest BCUT2D eigenvalue weighted by Gasteiger charge is -2.39. The van der Waals surface area contributed by atoms with Crippen LogP contribution in [0, 0.1) is 29.1 Å². The zero-order valence-electron chi connectivity index (χ0n) is 16.9. The highest BCUT2D eigenvalue weighted by atomic mass is 16.5. The summed E-state index contributed by atoms with van der Waals surface area (Å²) in [6, 6.07) is 8.77. The second-order valence-electron chi connectivity index (χ2n) is 8.10. The molecule has 0 radical (unpaired) electrons. The molecule has 29 heavy (non-hydrogen) atoms. The Kier molecular flexibility index (Phi) is 6.53. The van der Waals surface area contributed by atoms with Crippen LogP contribution in [-0.4, -0.2) is 41.9 Å². The molecule has 2 aliphatic rings. The minimum absolute atomic E-state index is 0.00898. The van der Waals surface area contributed by atoms with E-state index in [9.17, 15) is 14.4 Å². The highest BCUT2D eigenvalue weighted by Crippen LogP contribution is 2.35. The molecular weight excluding hydrogens is 370 g/mol. The monoisotopic (exact) mass is 397 g/mol. The van der Waals surface area contributed by atoms with Gasteiger partial charge in [-0.15, -0.1) is 0 Å². The van der Waals surface area contributed by atoms with Crippen LogP contribution >= 0.6 is 0 Å². The first-order valence-electron chi connectivity index (χ1n) is 10.2. The van der Waals surface area contributed by atoms with Gasteiger partial charge in [0.2, 0.25) is 5.91 Å². The van der Waals surface area contributed by atoms with Crippen molar-refractivity contribution in [2.75, 3.05) is 18.5 Å². The number of ether oxygens (including phenoxy) is 1. The fraction of sp³-hybridized carbons (Fsp3) is 0.545. The predicted octanol–water partition coefficient (Wildman–Crippen LogP) is 2.71. The number of anilines is 1. The molecule has 2 fully saturated rings. The molecule has 154 valence electrons. The van der Waals surface area contributed by atoms with Crippen molar-refractivity contribution >= 4 is 23.5 Å². The zero-order valence-corrected chi connectivity index (χ0v) is 16.9. The Morgan fingerprint density at radius 1 is 1.28 bits per heavy atom. The molecule has 1 saturated heterocycles. The summed E-state index contributed by atoms with van der Waals surface area (Å²) >= 11 is 0. The molecular formula is C22H27N3O4. The van der Waals surface area contributed by atoms with E-state index in [1.807, 2.05) is 11.0 Å². The molecule has 1 aromatic carbocycles. The van der Waals surface area contributed by atoms with Crippen LogP contribution in [0.25, 0.3) is 0 Å². The molecule has 0 aromatic heterocycles. The van der Waals surface area contributed by atoms with Gasteiger partial charge in [0.15, 0.2) is 6.61 Å². The van der Waals surface area contributed by atoms with Crippen molar-refractivity contribution in [2.45, 2.75) is 45.6 Å². The van der Waals surface area contributed by atoms with Crippen molar-refractivity contribution in [3.05, 3.63) is 29.8 Å². The number of nitrogens with one attached hydrogen (secondary N) is 1. The molecule has 1 aliphatic heterocycles. The molecule has 3 rings (SSSR count). The van der Waals surface area contributed by atoms with E-state index in [1.165, 1.54) is 6.42 Å². The Hall–Kier alpha value is -2.88. The fourth-order valence-electron chi connectivity index (χ4n) is 4.33. The number of hydrogen-bond acceptors (Lipinski definition) is 5. The minimum Gasteiger partial charge on any atom is -0.455 e. The van der Waals surface area contributed by atoms with Crippen LogP contribution in [0.2, 0.25) is 0 Å². The lowest BCUT2D eigenvalue weighted by Crippen LogP contribution is -2.45. The van der Waals surface area contributed by atoms with Gasteiger partial charge in [0, 0.05) is 19.0 Å². The van der Waals surface area contributed by atoms with E-state index in [2.05, 4.69) is 19.2 Å². The second kappa shape index (κ2) is 9.08. The van der Waals surface area contributed by atoms with Crippen molar-refractivity contribution in [3.8, 4) is 6.07 Å². The maximum atomic E-state index is 12.5. The number of carbonyl (C=O) groups is 3. The molecule has 2 amide bonds. The van der Waals surface area contributed by atoms with Crippen molar-refractivity contribution < 1.29 is 19.1 Å². The lowest BCUT2D eigenvalue weighted by atomic mass is 9.77. The zero-order chi connectivity index (χ0) is 21.0. The molecule has 4 atom stereocenters. The van der Waals surface area contributed by atoms with E-state index in [1.54, 1.807) is 24.3 Å². The number of para-hydroxylation sites is 1. The molecule has 0 bridgehead atoms. The minimum atomic E-state index is -0.536. The highest BCUT2D eigenvalue weighted by molar-refractivity contribution is 5.94. The van der Waals surface area contributed by atoms with E-state index < -0.39 is 24.4 Å². The third kappa shape index (κ3) is 4.76. The van der Waals surface area contributed by atoms with Gasteiger partial charge in [-0.3, -0.25) is 14.4 Å². The number of likely N-dealkylation sites (tertiary alicyclic amines) is 1. The molecule has 1 aliphatic carbocycles. The summed E-state index contributed by atoms with van der Waals surface area (Å²) in [7, 11) is 0. The first-order valence-corrected chi connectivity index (χ1v) is 10.2. The van der Waals surface area contributed by atoms with E-state index in [0.717, 1.165) is 12.8 Å². The van der Waals surface area contributed by atoms with Crippen LogP contribution in [0.3, 0.4) is 0 Å². The molecule has 0 spiro atoms. The number of amides is 2. The maximum Gasteiger partial charge on any atom is 0.311 e. The van der Waals surface area contributed by atoms with Gasteiger partial charge in [-0.1, -0.05) is 38.8 Å². The standard InChI is InChI=1S/C22H27N3O4/c1-14-6-5-9-19(15(14)2)25-12-17(10-21(25)27)22(28)29-13-20(26)24-18-8-4-3-7-16(18)11-23/h3-4,7-8,14-15,17,19H,5-6,9-10,12-13H2,1-2H3,(H,24,26)/t14-,15+,17+,19+/m0/s1. The van der Waals surface area contributed by atoms with E-state index in [0.29, 0.717) is 29.6 Å².